The van der Waals surface area contributed by atoms with Gasteiger partial charge < -0.3 is 4.57 Å². The normalized spacial score (nSPS) is 10.9. The number of hydrogen-bond acceptors (Lipinski definition) is 4. The third-order valence-corrected chi connectivity index (χ3v) is 3.81. The molecule has 0 fully saturated rings. The van der Waals surface area contributed by atoms with E-state index in [-0.39, 0.29) is 5.56 Å². The smallest absolute Gasteiger partial charge is 0.277 e. The van der Waals surface area contributed by atoms with E-state index in [0.717, 1.165) is 16.6 Å². The summed E-state index contributed by atoms with van der Waals surface area (Å²) in [7, 11) is 0. The highest BCUT2D eigenvalue weighted by molar-refractivity contribution is 5.78. The summed E-state index contributed by atoms with van der Waals surface area (Å²) >= 11 is 0. The largest absolute Gasteiger partial charge is 0.300 e. The maximum atomic E-state index is 12.8. The van der Waals surface area contributed by atoms with Crippen molar-refractivity contribution < 1.29 is 0 Å². The standard InChI is InChI=1S/C17H11N5O/c18-7-13-6-5-12(8-20-13)10-21-14-3-1-2-4-15(14)22-11-19-9-16(22)17(21)23/h1-6,8-9,11H,10H2. The van der Waals surface area contributed by atoms with E-state index in [2.05, 4.69) is 9.97 Å². The Bertz CT molecular complexity index is 1120. The number of aromatic nitrogens is 4. The third kappa shape index (κ3) is 2.07. The number of nitrogens with zero attached hydrogens (tertiary/aromatic N) is 5. The Kier molecular flexibility index (Phi) is 2.91. The lowest BCUT2D eigenvalue weighted by molar-refractivity contribution is 0.789. The van der Waals surface area contributed by atoms with Crippen LogP contribution in [0.25, 0.3) is 16.6 Å². The third-order valence-electron chi connectivity index (χ3n) is 3.81. The number of pyridine rings is 1. The fourth-order valence-corrected chi connectivity index (χ4v) is 2.71. The topological polar surface area (TPSA) is 76.0 Å². The number of rotatable bonds is 2. The zero-order chi connectivity index (χ0) is 15.8. The average Bonchev–Trinajstić information content (AvgIpc) is 3.09. The SMILES string of the molecule is N#Cc1ccc(Cn2c(=O)c3cncn3c3ccccc32)cn1. The number of nitriles is 1. The minimum absolute atomic E-state index is 0.106. The van der Waals surface area contributed by atoms with Gasteiger partial charge in [0.15, 0.2) is 0 Å². The molecule has 0 radical (unpaired) electrons. The molecule has 23 heavy (non-hydrogen) atoms. The molecule has 4 rings (SSSR count). The molecule has 0 saturated carbocycles. The summed E-state index contributed by atoms with van der Waals surface area (Å²) in [4.78, 5) is 20.9. The Hall–Kier alpha value is -3.46. The van der Waals surface area contributed by atoms with Gasteiger partial charge >= 0.3 is 0 Å². The molecule has 0 spiro atoms. The van der Waals surface area contributed by atoms with Crippen molar-refractivity contribution in [1.82, 2.24) is 18.9 Å². The Morgan fingerprint density at radius 3 is 2.61 bits per heavy atom. The van der Waals surface area contributed by atoms with E-state index in [0.29, 0.717) is 17.8 Å². The van der Waals surface area contributed by atoms with E-state index in [1.165, 1.54) is 0 Å². The van der Waals surface area contributed by atoms with Crippen molar-refractivity contribution in [2.24, 2.45) is 0 Å². The van der Waals surface area contributed by atoms with Crippen LogP contribution < -0.4 is 5.56 Å². The number of para-hydroxylation sites is 2. The number of imidazole rings is 1. The zero-order valence-corrected chi connectivity index (χ0v) is 12.0. The van der Waals surface area contributed by atoms with Gasteiger partial charge in [-0.2, -0.15) is 5.26 Å². The highest BCUT2D eigenvalue weighted by Crippen LogP contribution is 2.15. The molecule has 1 aromatic carbocycles. The number of fused-ring (bicyclic) bond motifs is 3. The summed E-state index contributed by atoms with van der Waals surface area (Å²) in [5.41, 5.74) is 3.39. The molecular formula is C17H11N5O. The van der Waals surface area contributed by atoms with E-state index < -0.39 is 0 Å². The van der Waals surface area contributed by atoms with Crippen molar-refractivity contribution in [2.75, 3.05) is 0 Å². The van der Waals surface area contributed by atoms with Crippen LogP contribution in [0, 0.1) is 11.3 Å². The van der Waals surface area contributed by atoms with Gasteiger partial charge in [-0.15, -0.1) is 0 Å². The summed E-state index contributed by atoms with van der Waals surface area (Å²) in [5.74, 6) is 0. The van der Waals surface area contributed by atoms with E-state index in [4.69, 9.17) is 5.26 Å². The Morgan fingerprint density at radius 2 is 1.87 bits per heavy atom. The molecule has 110 valence electrons. The summed E-state index contributed by atoms with van der Waals surface area (Å²) in [6.45, 7) is 0.389. The van der Waals surface area contributed by atoms with Crippen LogP contribution in [0.1, 0.15) is 11.3 Å². The molecule has 0 saturated heterocycles. The Morgan fingerprint density at radius 1 is 1.04 bits per heavy atom. The van der Waals surface area contributed by atoms with Crippen LogP contribution in [0.2, 0.25) is 0 Å². The molecule has 0 aliphatic carbocycles. The molecule has 0 N–H and O–H groups in total. The van der Waals surface area contributed by atoms with Crippen LogP contribution in [0.15, 0.2) is 59.9 Å². The molecule has 6 nitrogen and oxygen atoms in total. The molecule has 0 bridgehead atoms. The van der Waals surface area contributed by atoms with E-state index in [1.807, 2.05) is 36.4 Å². The van der Waals surface area contributed by atoms with E-state index in [1.54, 1.807) is 33.8 Å². The van der Waals surface area contributed by atoms with Crippen LogP contribution in [-0.4, -0.2) is 18.9 Å². The summed E-state index contributed by atoms with van der Waals surface area (Å²) < 4.78 is 3.50. The molecule has 0 amide bonds. The van der Waals surface area contributed by atoms with Gasteiger partial charge in [-0.05, 0) is 23.8 Å². The molecule has 0 aliphatic heterocycles. The predicted octanol–water partition coefficient (Wildman–Crippen LogP) is 1.96. The molecule has 0 unspecified atom stereocenters. The first kappa shape index (κ1) is 13.2. The first-order valence-electron chi connectivity index (χ1n) is 7.06. The second kappa shape index (κ2) is 5.07. The first-order valence-corrected chi connectivity index (χ1v) is 7.06. The van der Waals surface area contributed by atoms with Crippen LogP contribution in [0.3, 0.4) is 0 Å². The van der Waals surface area contributed by atoms with Crippen molar-refractivity contribution in [3.05, 3.63) is 76.7 Å². The Labute approximate surface area is 130 Å². The summed E-state index contributed by atoms with van der Waals surface area (Å²) in [6.07, 6.45) is 4.84. The molecule has 3 aromatic heterocycles. The lowest BCUT2D eigenvalue weighted by atomic mass is 10.2. The van der Waals surface area contributed by atoms with Crippen molar-refractivity contribution in [3.63, 3.8) is 0 Å². The van der Waals surface area contributed by atoms with Crippen molar-refractivity contribution in [1.29, 1.82) is 5.26 Å². The lowest BCUT2D eigenvalue weighted by Gasteiger charge is -2.12. The van der Waals surface area contributed by atoms with Crippen LogP contribution in [0.5, 0.6) is 0 Å². The maximum Gasteiger partial charge on any atom is 0.277 e. The minimum atomic E-state index is -0.106. The quantitative estimate of drug-likeness (QED) is 0.567. The number of hydrogen-bond donors (Lipinski definition) is 0. The van der Waals surface area contributed by atoms with Crippen molar-refractivity contribution >= 4 is 16.6 Å². The van der Waals surface area contributed by atoms with Gasteiger partial charge in [-0.1, -0.05) is 18.2 Å². The van der Waals surface area contributed by atoms with Gasteiger partial charge in [0.05, 0.1) is 30.1 Å². The zero-order valence-electron chi connectivity index (χ0n) is 12.0. The van der Waals surface area contributed by atoms with Crippen LogP contribution in [0.4, 0.5) is 0 Å². The summed E-state index contributed by atoms with van der Waals surface area (Å²) in [6, 6.07) is 13.2. The molecule has 6 heteroatoms. The highest BCUT2D eigenvalue weighted by atomic mass is 16.1. The lowest BCUT2D eigenvalue weighted by Crippen LogP contribution is -2.23. The monoisotopic (exact) mass is 301 g/mol. The molecular weight excluding hydrogens is 290 g/mol. The van der Waals surface area contributed by atoms with Crippen LogP contribution >= 0.6 is 0 Å². The van der Waals surface area contributed by atoms with Gasteiger partial charge in [-0.25, -0.2) is 9.97 Å². The second-order valence-electron chi connectivity index (χ2n) is 5.19. The molecule has 3 heterocycles. The minimum Gasteiger partial charge on any atom is -0.300 e. The van der Waals surface area contributed by atoms with Crippen molar-refractivity contribution in [3.8, 4) is 6.07 Å². The van der Waals surface area contributed by atoms with Gasteiger partial charge in [0.25, 0.3) is 5.56 Å². The van der Waals surface area contributed by atoms with Gasteiger partial charge in [0.1, 0.15) is 17.3 Å². The fourth-order valence-electron chi connectivity index (χ4n) is 2.71. The van der Waals surface area contributed by atoms with Crippen LogP contribution in [-0.2, 0) is 6.54 Å². The van der Waals surface area contributed by atoms with E-state index >= 15 is 0 Å². The average molecular weight is 301 g/mol. The fraction of sp³-hybridized carbons (Fsp3) is 0.0588. The molecule has 4 aromatic rings. The van der Waals surface area contributed by atoms with Crippen molar-refractivity contribution in [2.45, 2.75) is 6.54 Å². The highest BCUT2D eigenvalue weighted by Gasteiger charge is 2.11. The second-order valence-corrected chi connectivity index (χ2v) is 5.19. The molecule has 0 atom stereocenters. The Balaban J connectivity index is 1.95. The predicted molar refractivity (Wildman–Crippen MR) is 85.0 cm³/mol. The molecule has 0 aliphatic rings. The van der Waals surface area contributed by atoms with Gasteiger partial charge in [-0.3, -0.25) is 9.20 Å². The summed E-state index contributed by atoms with van der Waals surface area (Å²) in [5, 5.41) is 8.82. The maximum absolute atomic E-state index is 12.8. The van der Waals surface area contributed by atoms with Gasteiger partial charge in [0, 0.05) is 6.20 Å². The first-order chi connectivity index (χ1) is 11.3. The van der Waals surface area contributed by atoms with Gasteiger partial charge in [0.2, 0.25) is 0 Å². The number of benzene rings is 1. The van der Waals surface area contributed by atoms with E-state index in [9.17, 15) is 4.79 Å².